The number of ether oxygens (including phenoxy) is 1. The van der Waals surface area contributed by atoms with Gasteiger partial charge in [0.25, 0.3) is 0 Å². The predicted molar refractivity (Wildman–Crippen MR) is 71.7 cm³/mol. The molecule has 1 unspecified atom stereocenters. The second kappa shape index (κ2) is 5.29. The molecule has 112 valence electrons. The zero-order valence-corrected chi connectivity index (χ0v) is 12.1. The maximum atomic E-state index is 12.2. The van der Waals surface area contributed by atoms with Crippen molar-refractivity contribution in [3.05, 3.63) is 29.8 Å². The van der Waals surface area contributed by atoms with Gasteiger partial charge in [-0.2, -0.15) is 8.78 Å². The molecule has 1 aliphatic rings. The molecular weight excluding hydrogens is 288 g/mol. The molecule has 0 amide bonds. The van der Waals surface area contributed by atoms with Gasteiger partial charge in [-0.25, -0.2) is 8.42 Å². The Morgan fingerprint density at radius 1 is 1.40 bits per heavy atom. The highest BCUT2D eigenvalue weighted by Gasteiger charge is 2.36. The zero-order chi connectivity index (χ0) is 15.0. The maximum Gasteiger partial charge on any atom is 0.387 e. The molecule has 0 aromatic heterocycles. The second-order valence-electron chi connectivity index (χ2n) is 5.59. The number of benzene rings is 1. The highest BCUT2D eigenvalue weighted by Crippen LogP contribution is 2.28. The average molecular weight is 305 g/mol. The third-order valence-corrected chi connectivity index (χ3v) is 5.05. The monoisotopic (exact) mass is 305 g/mol. The Kier molecular flexibility index (Phi) is 4.02. The van der Waals surface area contributed by atoms with Crippen molar-refractivity contribution in [1.82, 2.24) is 5.32 Å². The van der Waals surface area contributed by atoms with Crippen molar-refractivity contribution in [3.63, 3.8) is 0 Å². The van der Waals surface area contributed by atoms with Gasteiger partial charge in [0.2, 0.25) is 0 Å². The Balaban J connectivity index is 2.26. The first kappa shape index (κ1) is 15.2. The largest absolute Gasteiger partial charge is 0.435 e. The van der Waals surface area contributed by atoms with Crippen LogP contribution in [0.3, 0.4) is 0 Å². The van der Waals surface area contributed by atoms with Gasteiger partial charge in [0.1, 0.15) is 5.75 Å². The van der Waals surface area contributed by atoms with Crippen molar-refractivity contribution in [3.8, 4) is 5.75 Å². The third-order valence-electron chi connectivity index (χ3n) is 3.05. The summed E-state index contributed by atoms with van der Waals surface area (Å²) in [6.07, 6.45) is 0. The molecule has 1 fully saturated rings. The molecule has 1 saturated heterocycles. The van der Waals surface area contributed by atoms with E-state index in [1.807, 2.05) is 0 Å². The topological polar surface area (TPSA) is 55.4 Å². The summed E-state index contributed by atoms with van der Waals surface area (Å²) in [6.45, 7) is 0.705. The Morgan fingerprint density at radius 2 is 2.10 bits per heavy atom. The van der Waals surface area contributed by atoms with E-state index in [-0.39, 0.29) is 17.3 Å². The smallest absolute Gasteiger partial charge is 0.387 e. The van der Waals surface area contributed by atoms with Crippen LogP contribution in [0.15, 0.2) is 24.3 Å². The zero-order valence-electron chi connectivity index (χ0n) is 11.3. The average Bonchev–Trinajstić information content (AvgIpc) is 2.24. The summed E-state index contributed by atoms with van der Waals surface area (Å²) in [5, 5.41) is 3.22. The van der Waals surface area contributed by atoms with Gasteiger partial charge in [-0.3, -0.25) is 0 Å². The first-order chi connectivity index (χ1) is 9.17. The summed E-state index contributed by atoms with van der Waals surface area (Å²) in [4.78, 5) is 0. The van der Waals surface area contributed by atoms with Crippen LogP contribution in [0.4, 0.5) is 8.78 Å². The molecular formula is C13H17F2NO3S. The number of hydrogen-bond acceptors (Lipinski definition) is 4. The van der Waals surface area contributed by atoms with Crippen molar-refractivity contribution >= 4 is 9.84 Å². The van der Waals surface area contributed by atoms with Gasteiger partial charge in [0.05, 0.1) is 11.5 Å². The van der Waals surface area contributed by atoms with Crippen LogP contribution in [0.1, 0.15) is 25.5 Å². The fraction of sp³-hybridized carbons (Fsp3) is 0.538. The number of rotatable bonds is 3. The lowest BCUT2D eigenvalue weighted by molar-refractivity contribution is -0.0499. The molecule has 0 spiro atoms. The minimum Gasteiger partial charge on any atom is -0.435 e. The fourth-order valence-corrected chi connectivity index (χ4v) is 4.59. The van der Waals surface area contributed by atoms with Gasteiger partial charge in [0.15, 0.2) is 9.84 Å². The van der Waals surface area contributed by atoms with Gasteiger partial charge in [-0.1, -0.05) is 12.1 Å². The minimum atomic E-state index is -3.18. The Hall–Kier alpha value is -1.21. The van der Waals surface area contributed by atoms with Crippen LogP contribution in [0, 0.1) is 0 Å². The van der Waals surface area contributed by atoms with Gasteiger partial charge < -0.3 is 10.1 Å². The van der Waals surface area contributed by atoms with Gasteiger partial charge in [0, 0.05) is 11.6 Å². The lowest BCUT2D eigenvalue weighted by Gasteiger charge is -2.37. The minimum absolute atomic E-state index is 0.0278. The molecule has 20 heavy (non-hydrogen) atoms. The van der Waals surface area contributed by atoms with Crippen LogP contribution >= 0.6 is 0 Å². The van der Waals surface area contributed by atoms with E-state index in [9.17, 15) is 17.2 Å². The SMILES string of the molecule is CC1(C)CS(=O)(=O)CC(c2cccc(OC(F)F)c2)N1. The summed E-state index contributed by atoms with van der Waals surface area (Å²) in [5.74, 6) is 0.0400. The van der Waals surface area contributed by atoms with Crippen LogP contribution in [-0.2, 0) is 9.84 Å². The lowest BCUT2D eigenvalue weighted by atomic mass is 10.0. The van der Waals surface area contributed by atoms with E-state index in [2.05, 4.69) is 10.1 Å². The molecule has 0 aliphatic carbocycles. The first-order valence-corrected chi connectivity index (χ1v) is 8.02. The standard InChI is InChI=1S/C13H17F2NO3S/c1-13(2)8-20(17,18)7-11(16-13)9-4-3-5-10(6-9)19-12(14)15/h3-6,11-12,16H,7-8H2,1-2H3. The van der Waals surface area contributed by atoms with Crippen LogP contribution in [0.25, 0.3) is 0 Å². The van der Waals surface area contributed by atoms with Crippen LogP contribution in [0.5, 0.6) is 5.75 Å². The fourth-order valence-electron chi connectivity index (χ4n) is 2.50. The number of hydrogen-bond donors (Lipinski definition) is 1. The summed E-state index contributed by atoms with van der Waals surface area (Å²) in [6, 6.07) is 5.71. The molecule has 0 bridgehead atoms. The maximum absolute atomic E-state index is 12.2. The van der Waals surface area contributed by atoms with E-state index >= 15 is 0 Å². The predicted octanol–water partition coefficient (Wildman–Crippen LogP) is 2.13. The molecule has 0 saturated carbocycles. The quantitative estimate of drug-likeness (QED) is 0.929. The molecule has 0 radical (unpaired) electrons. The van der Waals surface area contributed by atoms with Crippen molar-refractivity contribution in [1.29, 1.82) is 0 Å². The normalized spacial score (nSPS) is 24.6. The van der Waals surface area contributed by atoms with Crippen LogP contribution in [0.2, 0.25) is 0 Å². The second-order valence-corrected chi connectivity index (χ2v) is 7.70. The Morgan fingerprint density at radius 3 is 2.70 bits per heavy atom. The highest BCUT2D eigenvalue weighted by molar-refractivity contribution is 7.91. The van der Waals surface area contributed by atoms with E-state index in [4.69, 9.17) is 0 Å². The van der Waals surface area contributed by atoms with E-state index in [0.29, 0.717) is 5.56 Å². The number of halogens is 2. The molecule has 1 aromatic carbocycles. The summed E-state index contributed by atoms with van der Waals surface area (Å²) >= 11 is 0. The Labute approximate surface area is 117 Å². The molecule has 1 aromatic rings. The summed E-state index contributed by atoms with van der Waals surface area (Å²) in [7, 11) is -3.18. The Bertz CT molecular complexity index is 587. The summed E-state index contributed by atoms with van der Waals surface area (Å²) < 4.78 is 52.6. The third kappa shape index (κ3) is 3.89. The highest BCUT2D eigenvalue weighted by atomic mass is 32.2. The number of sulfone groups is 1. The molecule has 1 aliphatic heterocycles. The van der Waals surface area contributed by atoms with E-state index in [0.717, 1.165) is 0 Å². The van der Waals surface area contributed by atoms with E-state index < -0.39 is 28.0 Å². The molecule has 7 heteroatoms. The van der Waals surface area contributed by atoms with Gasteiger partial charge >= 0.3 is 6.61 Å². The molecule has 1 heterocycles. The number of nitrogens with one attached hydrogen (secondary N) is 1. The molecule has 2 rings (SSSR count). The van der Waals surface area contributed by atoms with Crippen molar-refractivity contribution in [2.24, 2.45) is 0 Å². The van der Waals surface area contributed by atoms with E-state index in [1.54, 1.807) is 26.0 Å². The van der Waals surface area contributed by atoms with Crippen molar-refractivity contribution in [2.45, 2.75) is 32.0 Å². The van der Waals surface area contributed by atoms with E-state index in [1.165, 1.54) is 12.1 Å². The van der Waals surface area contributed by atoms with Gasteiger partial charge in [-0.05, 0) is 31.5 Å². The molecule has 4 nitrogen and oxygen atoms in total. The first-order valence-electron chi connectivity index (χ1n) is 6.20. The van der Waals surface area contributed by atoms with Crippen LogP contribution in [-0.4, -0.2) is 32.1 Å². The number of alkyl halides is 2. The molecule has 1 atom stereocenters. The van der Waals surface area contributed by atoms with Gasteiger partial charge in [-0.15, -0.1) is 0 Å². The summed E-state index contributed by atoms with van der Waals surface area (Å²) in [5.41, 5.74) is 0.0703. The van der Waals surface area contributed by atoms with Crippen LogP contribution < -0.4 is 10.1 Å². The lowest BCUT2D eigenvalue weighted by Crippen LogP contribution is -2.54. The van der Waals surface area contributed by atoms with Crippen molar-refractivity contribution < 1.29 is 21.9 Å². The van der Waals surface area contributed by atoms with Crippen molar-refractivity contribution in [2.75, 3.05) is 11.5 Å². The molecule has 1 N–H and O–H groups in total.